The van der Waals surface area contributed by atoms with Crippen LogP contribution in [0.2, 0.25) is 0 Å². The lowest BCUT2D eigenvalue weighted by molar-refractivity contribution is -0.170. The number of methoxy groups -OCH3 is 2. The molecule has 0 aromatic heterocycles. The van der Waals surface area contributed by atoms with Crippen molar-refractivity contribution < 1.29 is 33.2 Å². The van der Waals surface area contributed by atoms with Gasteiger partial charge in [0.2, 0.25) is 0 Å². The van der Waals surface area contributed by atoms with Crippen molar-refractivity contribution in [3.63, 3.8) is 0 Å². The molecule has 0 saturated carbocycles. The molecule has 7 nitrogen and oxygen atoms in total. The van der Waals surface area contributed by atoms with Crippen molar-refractivity contribution in [2.75, 3.05) is 20.8 Å². The van der Waals surface area contributed by atoms with Crippen LogP contribution in [0.4, 0.5) is 0 Å². The van der Waals surface area contributed by atoms with E-state index in [-0.39, 0.29) is 19.4 Å². The predicted octanol–water partition coefficient (Wildman–Crippen LogP) is 5.00. The summed E-state index contributed by atoms with van der Waals surface area (Å²) in [6, 6.07) is 21.8. The smallest absolute Gasteiger partial charge is 0.384 e. The van der Waals surface area contributed by atoms with Gasteiger partial charge in [-0.3, -0.25) is 9.59 Å². The second-order valence-corrected chi connectivity index (χ2v) is 10.6. The summed E-state index contributed by atoms with van der Waals surface area (Å²) >= 11 is 0. The largest absolute Gasteiger partial charge is 0.468 e. The molecular weight excluding hydrogens is 491 g/mol. The van der Waals surface area contributed by atoms with E-state index in [1.54, 1.807) is 37.3 Å². The summed E-state index contributed by atoms with van der Waals surface area (Å²) in [6.45, 7) is 1.90. The van der Waals surface area contributed by atoms with E-state index in [2.05, 4.69) is 0 Å². The summed E-state index contributed by atoms with van der Waals surface area (Å²) in [5, 5.41) is 0.592. The van der Waals surface area contributed by atoms with E-state index < -0.39 is 36.8 Å². The van der Waals surface area contributed by atoms with Gasteiger partial charge in [-0.1, -0.05) is 53.1 Å². The third kappa shape index (κ3) is 4.92. The highest BCUT2D eigenvalue weighted by molar-refractivity contribution is 7.53. The molecule has 8 heteroatoms. The Hall–Kier alpha value is -3.83. The SMILES string of the molecule is CCOC(=O)c1cc2c(cc1-c1ccccc1)C([P+](=O)c1ccccc1)CC(C(=O)OC)(C(=O)OC)C2. The van der Waals surface area contributed by atoms with Crippen molar-refractivity contribution in [3.05, 3.63) is 89.5 Å². The van der Waals surface area contributed by atoms with Crippen molar-refractivity contribution in [1.29, 1.82) is 0 Å². The third-order valence-electron chi connectivity index (χ3n) is 6.70. The lowest BCUT2D eigenvalue weighted by Crippen LogP contribution is -2.46. The van der Waals surface area contributed by atoms with Gasteiger partial charge in [0.1, 0.15) is 0 Å². The molecule has 0 saturated heterocycles. The fourth-order valence-corrected chi connectivity index (χ4v) is 6.74. The van der Waals surface area contributed by atoms with E-state index in [0.29, 0.717) is 27.6 Å². The zero-order valence-corrected chi connectivity index (χ0v) is 21.8. The Morgan fingerprint density at radius 1 is 0.919 bits per heavy atom. The summed E-state index contributed by atoms with van der Waals surface area (Å²) in [6.07, 6.45) is -0.117. The number of hydrogen-bond acceptors (Lipinski definition) is 7. The maximum atomic E-state index is 14.0. The van der Waals surface area contributed by atoms with Gasteiger partial charge in [0.05, 0.1) is 26.4 Å². The van der Waals surface area contributed by atoms with Gasteiger partial charge in [-0.2, -0.15) is 0 Å². The molecule has 2 atom stereocenters. The highest BCUT2D eigenvalue weighted by Crippen LogP contribution is 2.55. The molecule has 1 aliphatic rings. The highest BCUT2D eigenvalue weighted by atomic mass is 31.1. The molecule has 1 aliphatic carbocycles. The molecule has 0 bridgehead atoms. The van der Waals surface area contributed by atoms with Gasteiger partial charge < -0.3 is 14.2 Å². The minimum absolute atomic E-state index is 0.0579. The van der Waals surface area contributed by atoms with Crippen molar-refractivity contribution >= 4 is 31.0 Å². The summed E-state index contributed by atoms with van der Waals surface area (Å²) in [7, 11) is 0.318. The monoisotopic (exact) mass is 519 g/mol. The average Bonchev–Trinajstić information content (AvgIpc) is 2.95. The molecule has 0 heterocycles. The number of benzene rings is 3. The molecule has 3 aromatic carbocycles. The Morgan fingerprint density at radius 2 is 1.51 bits per heavy atom. The molecule has 0 amide bonds. The number of fused-ring (bicyclic) bond motifs is 1. The summed E-state index contributed by atoms with van der Waals surface area (Å²) in [4.78, 5) is 39.2. The topological polar surface area (TPSA) is 96.0 Å². The molecular formula is C29H28O7P+. The predicted molar refractivity (Wildman–Crippen MR) is 139 cm³/mol. The number of esters is 3. The van der Waals surface area contributed by atoms with Crippen LogP contribution in [-0.2, 0) is 34.8 Å². The molecule has 3 aromatic rings. The number of ether oxygens (including phenoxy) is 3. The quantitative estimate of drug-likeness (QED) is 0.188. The van der Waals surface area contributed by atoms with Crippen molar-refractivity contribution in [1.82, 2.24) is 0 Å². The Balaban J connectivity index is 1.99. The van der Waals surface area contributed by atoms with Crippen LogP contribution in [0.1, 0.15) is 40.5 Å². The Kier molecular flexibility index (Phi) is 7.84. The van der Waals surface area contributed by atoms with Gasteiger partial charge in [0, 0.05) is 12.0 Å². The molecule has 0 N–H and O–H groups in total. The van der Waals surface area contributed by atoms with Gasteiger partial charge in [-0.25, -0.2) is 4.79 Å². The first-order valence-electron chi connectivity index (χ1n) is 11.9. The van der Waals surface area contributed by atoms with Crippen molar-refractivity contribution in [3.8, 4) is 11.1 Å². The van der Waals surface area contributed by atoms with Crippen LogP contribution in [0, 0.1) is 5.41 Å². The zero-order chi connectivity index (χ0) is 26.6. The van der Waals surface area contributed by atoms with Crippen molar-refractivity contribution in [2.45, 2.75) is 25.4 Å². The molecule has 0 spiro atoms. The average molecular weight is 520 g/mol. The fraction of sp³-hybridized carbons (Fsp3) is 0.276. The minimum Gasteiger partial charge on any atom is -0.468 e. The number of hydrogen-bond donors (Lipinski definition) is 0. The van der Waals surface area contributed by atoms with E-state index in [9.17, 15) is 18.9 Å². The standard InChI is InChI=1S/C29H28O7P/c1-4-36-26(30)24-15-20-17-29(27(31)34-2,28(32)35-3)18-25(37(33)21-13-9-6-10-14-21)23(20)16-22(24)19-11-7-5-8-12-19/h5-16,25H,4,17-18H2,1-3H3/q+1. The number of carbonyl (C=O) groups is 3. The van der Waals surface area contributed by atoms with E-state index in [1.165, 1.54) is 14.2 Å². The van der Waals surface area contributed by atoms with Crippen LogP contribution in [0.5, 0.6) is 0 Å². The van der Waals surface area contributed by atoms with Gasteiger partial charge in [-0.05, 0) is 54.3 Å². The van der Waals surface area contributed by atoms with Gasteiger partial charge in [-0.15, -0.1) is 0 Å². The van der Waals surface area contributed by atoms with E-state index in [0.717, 1.165) is 5.56 Å². The first-order valence-corrected chi connectivity index (χ1v) is 13.3. The van der Waals surface area contributed by atoms with Crippen LogP contribution >= 0.6 is 7.80 Å². The lowest BCUT2D eigenvalue weighted by Gasteiger charge is -2.34. The van der Waals surface area contributed by atoms with E-state index in [4.69, 9.17) is 14.2 Å². The van der Waals surface area contributed by atoms with Crippen LogP contribution in [0.3, 0.4) is 0 Å². The number of carbonyl (C=O) groups excluding carboxylic acids is 3. The molecule has 4 rings (SSSR count). The molecule has 37 heavy (non-hydrogen) atoms. The first kappa shape index (κ1) is 26.2. The lowest BCUT2D eigenvalue weighted by atomic mass is 9.70. The molecule has 0 aliphatic heterocycles. The highest BCUT2D eigenvalue weighted by Gasteiger charge is 2.57. The van der Waals surface area contributed by atoms with Crippen LogP contribution in [0.15, 0.2) is 72.8 Å². The Bertz CT molecular complexity index is 1320. The van der Waals surface area contributed by atoms with Gasteiger partial charge >= 0.3 is 25.7 Å². The normalized spacial score (nSPS) is 16.2. The second kappa shape index (κ2) is 11.1. The van der Waals surface area contributed by atoms with Gasteiger partial charge in [0.15, 0.2) is 16.4 Å². The number of rotatable bonds is 7. The second-order valence-electron chi connectivity index (χ2n) is 8.81. The Labute approximate surface area is 216 Å². The van der Waals surface area contributed by atoms with Crippen LogP contribution in [0.25, 0.3) is 11.1 Å². The molecule has 2 unspecified atom stereocenters. The molecule has 190 valence electrons. The van der Waals surface area contributed by atoms with Crippen molar-refractivity contribution in [2.24, 2.45) is 5.41 Å². The summed E-state index contributed by atoms with van der Waals surface area (Å²) in [5.41, 5.74) is 0.558. The van der Waals surface area contributed by atoms with E-state index in [1.807, 2.05) is 42.5 Å². The molecule has 0 fully saturated rings. The third-order valence-corrected chi connectivity index (χ3v) is 8.53. The maximum Gasteiger partial charge on any atom is 0.384 e. The van der Waals surface area contributed by atoms with Crippen LogP contribution in [-0.4, -0.2) is 38.7 Å². The van der Waals surface area contributed by atoms with Crippen LogP contribution < -0.4 is 5.30 Å². The zero-order valence-electron chi connectivity index (χ0n) is 20.9. The molecule has 0 radical (unpaired) electrons. The fourth-order valence-electron chi connectivity index (χ4n) is 4.95. The van der Waals surface area contributed by atoms with E-state index >= 15 is 0 Å². The minimum atomic E-state index is -2.09. The Morgan fingerprint density at radius 3 is 2.08 bits per heavy atom. The first-order chi connectivity index (χ1) is 17.9. The summed E-state index contributed by atoms with van der Waals surface area (Å²) in [5.74, 6) is -2.06. The maximum absolute atomic E-state index is 14.0. The summed E-state index contributed by atoms with van der Waals surface area (Å²) < 4.78 is 29.4. The van der Waals surface area contributed by atoms with Gasteiger partial charge in [0.25, 0.3) is 0 Å².